The number of carbonyl (C=O) groups is 1. The Labute approximate surface area is 157 Å². The highest BCUT2D eigenvalue weighted by Gasteiger charge is 2.27. The van der Waals surface area contributed by atoms with Crippen molar-refractivity contribution in [2.45, 2.75) is 13.1 Å². The van der Waals surface area contributed by atoms with E-state index in [9.17, 15) is 4.79 Å². The number of benzene rings is 1. The Morgan fingerprint density at radius 2 is 2.00 bits per heavy atom. The van der Waals surface area contributed by atoms with Gasteiger partial charge in [-0.05, 0) is 35.9 Å². The Morgan fingerprint density at radius 1 is 1.19 bits per heavy atom. The zero-order valence-corrected chi connectivity index (χ0v) is 15.1. The zero-order valence-electron chi connectivity index (χ0n) is 15.1. The molecule has 0 saturated carbocycles. The van der Waals surface area contributed by atoms with Crippen LogP contribution >= 0.6 is 0 Å². The molecule has 0 spiro atoms. The third-order valence-corrected chi connectivity index (χ3v) is 4.78. The second-order valence-electron chi connectivity index (χ2n) is 6.33. The summed E-state index contributed by atoms with van der Waals surface area (Å²) in [7, 11) is 1.65. The van der Waals surface area contributed by atoms with E-state index in [-0.39, 0.29) is 5.91 Å². The lowest BCUT2D eigenvalue weighted by atomic mass is 9.99. The molecule has 0 unspecified atom stereocenters. The quantitative estimate of drug-likeness (QED) is 0.671. The first-order valence-corrected chi connectivity index (χ1v) is 8.77. The van der Waals surface area contributed by atoms with Crippen LogP contribution in [0.25, 0.3) is 22.4 Å². The van der Waals surface area contributed by atoms with E-state index in [0.29, 0.717) is 19.6 Å². The van der Waals surface area contributed by atoms with Crippen molar-refractivity contribution in [2.24, 2.45) is 0 Å². The summed E-state index contributed by atoms with van der Waals surface area (Å²) in [5, 5.41) is 4.87. The van der Waals surface area contributed by atoms with Gasteiger partial charge >= 0.3 is 0 Å². The number of methoxy groups -OCH3 is 1. The van der Waals surface area contributed by atoms with Crippen LogP contribution in [0.5, 0.6) is 5.75 Å². The minimum atomic E-state index is -0.0638. The molecule has 0 saturated heterocycles. The smallest absolute Gasteiger partial charge is 0.246 e. The summed E-state index contributed by atoms with van der Waals surface area (Å²) < 4.78 is 7.38. The summed E-state index contributed by atoms with van der Waals surface area (Å²) in [5.41, 5.74) is 4.91. The lowest BCUT2D eigenvalue weighted by Crippen LogP contribution is -2.37. The minimum absolute atomic E-state index is 0.0638. The van der Waals surface area contributed by atoms with Crippen LogP contribution in [0, 0.1) is 0 Å². The van der Waals surface area contributed by atoms with Crippen molar-refractivity contribution in [1.82, 2.24) is 19.7 Å². The molecule has 0 bridgehead atoms. The van der Waals surface area contributed by atoms with Crippen molar-refractivity contribution in [3.63, 3.8) is 0 Å². The third kappa shape index (κ3) is 3.10. The first kappa shape index (κ1) is 17.0. The van der Waals surface area contributed by atoms with Crippen molar-refractivity contribution < 1.29 is 9.53 Å². The van der Waals surface area contributed by atoms with Gasteiger partial charge < -0.3 is 9.64 Å². The van der Waals surface area contributed by atoms with Crippen molar-refractivity contribution in [2.75, 3.05) is 13.7 Å². The van der Waals surface area contributed by atoms with Gasteiger partial charge in [0, 0.05) is 30.1 Å². The summed E-state index contributed by atoms with van der Waals surface area (Å²) in [4.78, 5) is 18.1. The standard InChI is InChI=1S/C21H20N4O2/c1-3-19(26)24-11-12-25-18(14-24)20(15-7-9-22-10-8-15)21(23-25)16-5-4-6-17(13-16)27-2/h3-10,13H,1,11-12,14H2,2H3. The molecule has 2 aromatic heterocycles. The summed E-state index contributed by atoms with van der Waals surface area (Å²) in [6, 6.07) is 11.8. The first-order valence-electron chi connectivity index (χ1n) is 8.77. The van der Waals surface area contributed by atoms with Gasteiger partial charge in [-0.2, -0.15) is 5.10 Å². The molecule has 0 radical (unpaired) electrons. The molecule has 1 aliphatic rings. The maximum atomic E-state index is 12.1. The van der Waals surface area contributed by atoms with Crippen LogP contribution in [0.1, 0.15) is 5.69 Å². The molecular weight excluding hydrogens is 340 g/mol. The Balaban J connectivity index is 1.89. The number of ether oxygens (including phenoxy) is 1. The number of pyridine rings is 1. The molecule has 1 aliphatic heterocycles. The predicted octanol–water partition coefficient (Wildman–Crippen LogP) is 3.15. The fourth-order valence-corrected chi connectivity index (χ4v) is 3.43. The summed E-state index contributed by atoms with van der Waals surface area (Å²) >= 11 is 0. The lowest BCUT2D eigenvalue weighted by Gasteiger charge is -2.27. The highest BCUT2D eigenvalue weighted by molar-refractivity contribution is 5.88. The van der Waals surface area contributed by atoms with E-state index in [2.05, 4.69) is 11.6 Å². The fourth-order valence-electron chi connectivity index (χ4n) is 3.43. The molecule has 0 atom stereocenters. The van der Waals surface area contributed by atoms with Gasteiger partial charge in [0.05, 0.1) is 25.9 Å². The SMILES string of the molecule is C=CC(=O)N1CCn2nc(-c3cccc(OC)c3)c(-c3ccncc3)c2C1. The third-order valence-electron chi connectivity index (χ3n) is 4.78. The maximum absolute atomic E-state index is 12.1. The fraction of sp³-hybridized carbons (Fsp3) is 0.190. The van der Waals surface area contributed by atoms with Crippen LogP contribution in [-0.2, 0) is 17.9 Å². The van der Waals surface area contributed by atoms with E-state index in [1.54, 1.807) is 24.4 Å². The van der Waals surface area contributed by atoms with E-state index in [1.165, 1.54) is 6.08 Å². The van der Waals surface area contributed by atoms with Crippen LogP contribution in [0.15, 0.2) is 61.4 Å². The molecule has 6 nitrogen and oxygen atoms in total. The Kier molecular flexibility index (Phi) is 4.46. The van der Waals surface area contributed by atoms with Crippen LogP contribution in [0.2, 0.25) is 0 Å². The second-order valence-corrected chi connectivity index (χ2v) is 6.33. The zero-order chi connectivity index (χ0) is 18.8. The maximum Gasteiger partial charge on any atom is 0.246 e. The minimum Gasteiger partial charge on any atom is -0.497 e. The van der Waals surface area contributed by atoms with Gasteiger partial charge in [-0.1, -0.05) is 18.7 Å². The van der Waals surface area contributed by atoms with Gasteiger partial charge in [0.2, 0.25) is 5.91 Å². The average Bonchev–Trinajstić information content (AvgIpc) is 3.12. The molecule has 1 amide bonds. The molecule has 27 heavy (non-hydrogen) atoms. The van der Waals surface area contributed by atoms with Gasteiger partial charge in [0.15, 0.2) is 0 Å². The number of rotatable bonds is 4. The number of fused-ring (bicyclic) bond motifs is 1. The number of hydrogen-bond donors (Lipinski definition) is 0. The largest absolute Gasteiger partial charge is 0.497 e. The number of hydrogen-bond acceptors (Lipinski definition) is 4. The molecular formula is C21H20N4O2. The van der Waals surface area contributed by atoms with Crippen LogP contribution in [0.3, 0.4) is 0 Å². The molecule has 0 fully saturated rings. The van der Waals surface area contributed by atoms with Crippen LogP contribution in [0.4, 0.5) is 0 Å². The summed E-state index contributed by atoms with van der Waals surface area (Å²) in [6.45, 7) is 5.38. The number of nitrogens with zero attached hydrogens (tertiary/aromatic N) is 4. The topological polar surface area (TPSA) is 60.2 Å². The molecule has 136 valence electrons. The lowest BCUT2D eigenvalue weighted by molar-refractivity contribution is -0.127. The molecule has 3 heterocycles. The van der Waals surface area contributed by atoms with Crippen LogP contribution < -0.4 is 4.74 Å². The van der Waals surface area contributed by atoms with Crippen molar-refractivity contribution in [3.8, 4) is 28.1 Å². The average molecular weight is 360 g/mol. The molecule has 4 rings (SSSR count). The van der Waals surface area contributed by atoms with Gasteiger partial charge in [-0.25, -0.2) is 0 Å². The number of aromatic nitrogens is 3. The number of carbonyl (C=O) groups excluding carboxylic acids is 1. The van der Waals surface area contributed by atoms with Crippen molar-refractivity contribution in [3.05, 3.63) is 67.1 Å². The highest BCUT2D eigenvalue weighted by atomic mass is 16.5. The van der Waals surface area contributed by atoms with Gasteiger partial charge in [-0.15, -0.1) is 0 Å². The van der Waals surface area contributed by atoms with E-state index in [0.717, 1.165) is 33.8 Å². The van der Waals surface area contributed by atoms with E-state index in [4.69, 9.17) is 9.84 Å². The summed E-state index contributed by atoms with van der Waals surface area (Å²) in [5.74, 6) is 0.716. The van der Waals surface area contributed by atoms with E-state index >= 15 is 0 Å². The van der Waals surface area contributed by atoms with Gasteiger partial charge in [-0.3, -0.25) is 14.5 Å². The Morgan fingerprint density at radius 3 is 2.74 bits per heavy atom. The molecule has 0 aliphatic carbocycles. The number of amides is 1. The molecule has 6 heteroatoms. The first-order chi connectivity index (χ1) is 13.2. The molecule has 0 N–H and O–H groups in total. The molecule has 3 aromatic rings. The van der Waals surface area contributed by atoms with Crippen molar-refractivity contribution in [1.29, 1.82) is 0 Å². The van der Waals surface area contributed by atoms with E-state index in [1.807, 2.05) is 41.1 Å². The monoisotopic (exact) mass is 360 g/mol. The van der Waals surface area contributed by atoms with E-state index < -0.39 is 0 Å². The second kappa shape index (κ2) is 7.07. The summed E-state index contributed by atoms with van der Waals surface area (Å²) in [6.07, 6.45) is 4.90. The van der Waals surface area contributed by atoms with Gasteiger partial charge in [0.25, 0.3) is 0 Å². The normalized spacial score (nSPS) is 13.1. The van der Waals surface area contributed by atoms with Crippen LogP contribution in [-0.4, -0.2) is 39.2 Å². The van der Waals surface area contributed by atoms with Crippen molar-refractivity contribution >= 4 is 5.91 Å². The van der Waals surface area contributed by atoms with Gasteiger partial charge in [0.1, 0.15) is 11.4 Å². The predicted molar refractivity (Wildman–Crippen MR) is 103 cm³/mol. The molecule has 1 aromatic carbocycles. The highest BCUT2D eigenvalue weighted by Crippen LogP contribution is 2.37. The Bertz CT molecular complexity index is 995. The Hall–Kier alpha value is -3.41.